The van der Waals surface area contributed by atoms with Crippen molar-refractivity contribution in [3.8, 4) is 23.0 Å². The van der Waals surface area contributed by atoms with Crippen molar-refractivity contribution < 1.29 is 23.7 Å². The molecule has 0 aromatic heterocycles. The molecular weight excluding hydrogens is 334 g/mol. The summed E-state index contributed by atoms with van der Waals surface area (Å²) in [5, 5.41) is 2.86. The molecule has 0 aliphatic carbocycles. The van der Waals surface area contributed by atoms with Crippen LogP contribution in [0.25, 0.3) is 0 Å². The SMILES string of the molecule is COc1ccc(CCc2c(NC(C)=O)ccc(OC)c2OC)cc1OC. The molecule has 26 heavy (non-hydrogen) atoms. The Balaban J connectivity index is 2.33. The first-order valence-electron chi connectivity index (χ1n) is 8.26. The topological polar surface area (TPSA) is 66.0 Å². The molecule has 2 aromatic carbocycles. The molecule has 0 radical (unpaired) electrons. The summed E-state index contributed by atoms with van der Waals surface area (Å²) in [4.78, 5) is 11.5. The van der Waals surface area contributed by atoms with Crippen LogP contribution in [0.4, 0.5) is 5.69 Å². The van der Waals surface area contributed by atoms with E-state index >= 15 is 0 Å². The van der Waals surface area contributed by atoms with E-state index in [1.54, 1.807) is 34.5 Å². The van der Waals surface area contributed by atoms with Gasteiger partial charge >= 0.3 is 0 Å². The largest absolute Gasteiger partial charge is 0.493 e. The third-order valence-corrected chi connectivity index (χ3v) is 4.07. The smallest absolute Gasteiger partial charge is 0.221 e. The van der Waals surface area contributed by atoms with Gasteiger partial charge in [0.2, 0.25) is 5.91 Å². The van der Waals surface area contributed by atoms with Gasteiger partial charge in [-0.1, -0.05) is 6.07 Å². The number of carbonyl (C=O) groups is 1. The van der Waals surface area contributed by atoms with E-state index in [0.29, 0.717) is 29.4 Å². The predicted octanol–water partition coefficient (Wildman–Crippen LogP) is 3.46. The molecule has 0 unspecified atom stereocenters. The quantitative estimate of drug-likeness (QED) is 0.782. The number of hydrogen-bond acceptors (Lipinski definition) is 5. The Morgan fingerprint density at radius 3 is 2.08 bits per heavy atom. The van der Waals surface area contributed by atoms with Crippen LogP contribution in [-0.4, -0.2) is 34.3 Å². The van der Waals surface area contributed by atoms with Gasteiger partial charge < -0.3 is 24.3 Å². The number of amides is 1. The van der Waals surface area contributed by atoms with Gasteiger partial charge in [0, 0.05) is 18.2 Å². The summed E-state index contributed by atoms with van der Waals surface area (Å²) in [5.74, 6) is 2.49. The number of benzene rings is 2. The highest BCUT2D eigenvalue weighted by atomic mass is 16.5. The van der Waals surface area contributed by atoms with Crippen molar-refractivity contribution in [2.45, 2.75) is 19.8 Å². The van der Waals surface area contributed by atoms with Crippen LogP contribution in [0.3, 0.4) is 0 Å². The van der Waals surface area contributed by atoms with Gasteiger partial charge in [0.1, 0.15) is 0 Å². The molecule has 0 aliphatic heterocycles. The molecule has 2 rings (SSSR count). The van der Waals surface area contributed by atoms with E-state index in [-0.39, 0.29) is 5.91 Å². The van der Waals surface area contributed by atoms with Gasteiger partial charge in [-0.05, 0) is 42.7 Å². The maximum Gasteiger partial charge on any atom is 0.221 e. The lowest BCUT2D eigenvalue weighted by molar-refractivity contribution is -0.114. The van der Waals surface area contributed by atoms with Crippen LogP contribution in [-0.2, 0) is 17.6 Å². The van der Waals surface area contributed by atoms with Gasteiger partial charge in [0.05, 0.1) is 28.4 Å². The van der Waals surface area contributed by atoms with E-state index < -0.39 is 0 Å². The molecular formula is C20H25NO5. The minimum absolute atomic E-state index is 0.135. The van der Waals surface area contributed by atoms with E-state index in [4.69, 9.17) is 18.9 Å². The lowest BCUT2D eigenvalue weighted by Crippen LogP contribution is -2.10. The van der Waals surface area contributed by atoms with E-state index in [2.05, 4.69) is 5.32 Å². The third kappa shape index (κ3) is 4.39. The van der Waals surface area contributed by atoms with E-state index in [1.807, 2.05) is 24.3 Å². The minimum atomic E-state index is -0.135. The number of carbonyl (C=O) groups excluding carboxylic acids is 1. The molecule has 0 fully saturated rings. The second kappa shape index (κ2) is 8.99. The standard InChI is InChI=1S/C20H25NO5/c1-13(22)21-16-9-11-18(24-3)20(26-5)15(16)8-6-14-7-10-17(23-2)19(12-14)25-4/h7,9-12H,6,8H2,1-5H3,(H,21,22). The van der Waals surface area contributed by atoms with Crippen LogP contribution >= 0.6 is 0 Å². The monoisotopic (exact) mass is 359 g/mol. The van der Waals surface area contributed by atoms with Gasteiger partial charge in [-0.3, -0.25) is 4.79 Å². The highest BCUT2D eigenvalue weighted by molar-refractivity contribution is 5.90. The zero-order chi connectivity index (χ0) is 19.1. The van der Waals surface area contributed by atoms with Crippen molar-refractivity contribution in [1.29, 1.82) is 0 Å². The molecule has 2 aromatic rings. The zero-order valence-electron chi connectivity index (χ0n) is 15.8. The maximum atomic E-state index is 11.5. The van der Waals surface area contributed by atoms with Crippen LogP contribution < -0.4 is 24.3 Å². The molecule has 0 aliphatic rings. The molecule has 0 heterocycles. The zero-order valence-corrected chi connectivity index (χ0v) is 15.8. The second-order valence-electron chi connectivity index (χ2n) is 5.70. The van der Waals surface area contributed by atoms with Crippen LogP contribution in [0.1, 0.15) is 18.1 Å². The summed E-state index contributed by atoms with van der Waals surface area (Å²) in [6.07, 6.45) is 1.39. The van der Waals surface area contributed by atoms with Gasteiger partial charge in [0.15, 0.2) is 23.0 Å². The van der Waals surface area contributed by atoms with Crippen LogP contribution in [0.15, 0.2) is 30.3 Å². The lowest BCUT2D eigenvalue weighted by Gasteiger charge is -2.17. The summed E-state index contributed by atoms with van der Waals surface area (Å²) in [6, 6.07) is 9.43. The Hall–Kier alpha value is -2.89. The van der Waals surface area contributed by atoms with E-state index in [1.165, 1.54) is 6.92 Å². The summed E-state index contributed by atoms with van der Waals surface area (Å²) in [7, 11) is 6.41. The van der Waals surface area contributed by atoms with Crippen molar-refractivity contribution in [1.82, 2.24) is 0 Å². The molecule has 1 amide bonds. The first kappa shape index (κ1) is 19.4. The summed E-state index contributed by atoms with van der Waals surface area (Å²) in [6.45, 7) is 1.48. The van der Waals surface area contributed by atoms with E-state index in [0.717, 1.165) is 23.2 Å². The number of hydrogen-bond donors (Lipinski definition) is 1. The van der Waals surface area contributed by atoms with Gasteiger partial charge in [-0.25, -0.2) is 0 Å². The highest BCUT2D eigenvalue weighted by Gasteiger charge is 2.16. The molecule has 0 spiro atoms. The Kier molecular flexibility index (Phi) is 6.72. The molecule has 6 nitrogen and oxygen atoms in total. The number of anilines is 1. The first-order chi connectivity index (χ1) is 12.5. The molecule has 0 atom stereocenters. The molecule has 0 saturated heterocycles. The van der Waals surface area contributed by atoms with E-state index in [9.17, 15) is 4.79 Å². The maximum absolute atomic E-state index is 11.5. The lowest BCUT2D eigenvalue weighted by atomic mass is 10.0. The van der Waals surface area contributed by atoms with Gasteiger partial charge in [-0.15, -0.1) is 0 Å². The average Bonchev–Trinajstić information content (AvgIpc) is 2.65. The Bertz CT molecular complexity index is 773. The van der Waals surface area contributed by atoms with Crippen molar-refractivity contribution in [3.63, 3.8) is 0 Å². The number of aryl methyl sites for hydroxylation is 1. The number of ether oxygens (including phenoxy) is 4. The van der Waals surface area contributed by atoms with Crippen LogP contribution in [0, 0.1) is 0 Å². The van der Waals surface area contributed by atoms with Crippen LogP contribution in [0.5, 0.6) is 23.0 Å². The van der Waals surface area contributed by atoms with Gasteiger partial charge in [0.25, 0.3) is 0 Å². The Labute approximate surface area is 154 Å². The average molecular weight is 359 g/mol. The Morgan fingerprint density at radius 2 is 1.50 bits per heavy atom. The van der Waals surface area contributed by atoms with Gasteiger partial charge in [-0.2, -0.15) is 0 Å². The number of rotatable bonds is 8. The molecule has 6 heteroatoms. The van der Waals surface area contributed by atoms with Crippen molar-refractivity contribution in [2.24, 2.45) is 0 Å². The fourth-order valence-electron chi connectivity index (χ4n) is 2.85. The normalized spacial score (nSPS) is 10.2. The molecule has 0 saturated carbocycles. The molecule has 1 N–H and O–H groups in total. The van der Waals surface area contributed by atoms with Crippen molar-refractivity contribution in [3.05, 3.63) is 41.5 Å². The highest BCUT2D eigenvalue weighted by Crippen LogP contribution is 2.37. The molecule has 140 valence electrons. The number of nitrogens with one attached hydrogen (secondary N) is 1. The van der Waals surface area contributed by atoms with Crippen LogP contribution in [0.2, 0.25) is 0 Å². The minimum Gasteiger partial charge on any atom is -0.493 e. The fourth-order valence-corrected chi connectivity index (χ4v) is 2.85. The fraction of sp³-hybridized carbons (Fsp3) is 0.350. The van der Waals surface area contributed by atoms with Crippen molar-refractivity contribution in [2.75, 3.05) is 33.8 Å². The summed E-state index contributed by atoms with van der Waals surface area (Å²) >= 11 is 0. The summed E-state index contributed by atoms with van der Waals surface area (Å²) in [5.41, 5.74) is 2.69. The third-order valence-electron chi connectivity index (χ3n) is 4.07. The second-order valence-corrected chi connectivity index (χ2v) is 5.70. The number of methoxy groups -OCH3 is 4. The molecule has 0 bridgehead atoms. The predicted molar refractivity (Wildman–Crippen MR) is 101 cm³/mol. The Morgan fingerprint density at radius 1 is 0.846 bits per heavy atom. The summed E-state index contributed by atoms with van der Waals surface area (Å²) < 4.78 is 21.6. The first-order valence-corrected chi connectivity index (χ1v) is 8.26. The van der Waals surface area contributed by atoms with Crippen molar-refractivity contribution >= 4 is 11.6 Å².